The molecule has 1 aliphatic heterocycles. The summed E-state index contributed by atoms with van der Waals surface area (Å²) in [5.41, 5.74) is -1.85. The molecule has 0 bridgehead atoms. The smallest absolute Gasteiger partial charge is 0.432 e. The Labute approximate surface area is 266 Å². The third-order valence-corrected chi connectivity index (χ3v) is 10.7. The van der Waals surface area contributed by atoms with Gasteiger partial charge in [-0.25, -0.2) is 4.79 Å². The number of esters is 1. The van der Waals surface area contributed by atoms with Crippen molar-refractivity contribution < 1.29 is 37.3 Å². The fourth-order valence-corrected chi connectivity index (χ4v) is 8.74. The average molecular weight is 633 g/mol. The van der Waals surface area contributed by atoms with E-state index >= 15 is 0 Å². The molecule has 5 nitrogen and oxygen atoms in total. The number of rotatable bonds is 11. The van der Waals surface area contributed by atoms with E-state index in [0.717, 1.165) is 45.0 Å². The highest BCUT2D eigenvalue weighted by molar-refractivity contribution is 5.83. The molecule has 1 aromatic rings. The number of hydrogen-bond acceptors (Lipinski definition) is 5. The minimum atomic E-state index is -5.08. The molecular formula is C37H51F3O5. The van der Waals surface area contributed by atoms with E-state index in [-0.39, 0.29) is 28.9 Å². The van der Waals surface area contributed by atoms with Crippen molar-refractivity contribution >= 4 is 5.97 Å². The summed E-state index contributed by atoms with van der Waals surface area (Å²) < 4.78 is 60.6. The summed E-state index contributed by atoms with van der Waals surface area (Å²) >= 11 is 0. The Bertz CT molecular complexity index is 1300. The van der Waals surface area contributed by atoms with Crippen molar-refractivity contribution in [1.82, 2.24) is 0 Å². The molecule has 4 rings (SSSR count). The van der Waals surface area contributed by atoms with Crippen LogP contribution < -0.4 is 0 Å². The lowest BCUT2D eigenvalue weighted by Crippen LogP contribution is -2.53. The van der Waals surface area contributed by atoms with Crippen LogP contribution in [-0.4, -0.2) is 48.8 Å². The van der Waals surface area contributed by atoms with Crippen molar-refractivity contribution in [2.45, 2.75) is 116 Å². The van der Waals surface area contributed by atoms with Gasteiger partial charge in [-0.05, 0) is 88.0 Å². The van der Waals surface area contributed by atoms with Crippen molar-refractivity contribution in [3.63, 3.8) is 0 Å². The van der Waals surface area contributed by atoms with E-state index in [1.54, 1.807) is 26.8 Å². The summed E-state index contributed by atoms with van der Waals surface area (Å²) in [7, 11) is 0.856. The molecule has 250 valence electrons. The van der Waals surface area contributed by atoms with E-state index in [0.29, 0.717) is 17.4 Å². The number of aliphatic hydroxyl groups is 1. The van der Waals surface area contributed by atoms with E-state index in [1.165, 1.54) is 48.8 Å². The molecule has 3 fully saturated rings. The van der Waals surface area contributed by atoms with Gasteiger partial charge < -0.3 is 19.3 Å². The Morgan fingerprint density at radius 2 is 1.84 bits per heavy atom. The molecule has 0 aromatic heterocycles. The number of alkyl halides is 3. The van der Waals surface area contributed by atoms with Crippen LogP contribution in [0.4, 0.5) is 13.2 Å². The summed E-state index contributed by atoms with van der Waals surface area (Å²) in [5, 5.41) is 10.4. The van der Waals surface area contributed by atoms with Gasteiger partial charge in [-0.2, -0.15) is 13.2 Å². The fraction of sp³-hybridized carbons (Fsp3) is 0.649. The Kier molecular flexibility index (Phi) is 10.2. The SMILES string of the molecule is C=C1C[C@@H]2OC[C@]3(C)CCC[C@](C)([C@H]1CC/C(C)=C/C[C@@H](OC(=O)[C@](OC)(c1ccccc1)C(F)(F)F)/C(C)=C/C(C)(C)O)[C@@H]23. The highest BCUT2D eigenvalue weighted by Crippen LogP contribution is 2.65. The lowest BCUT2D eigenvalue weighted by molar-refractivity contribution is -0.277. The normalized spacial score (nSPS) is 31.3. The largest absolute Gasteiger partial charge is 0.455 e. The molecule has 0 unspecified atom stereocenters. The van der Waals surface area contributed by atoms with Gasteiger partial charge in [0.1, 0.15) is 6.10 Å². The molecule has 1 heterocycles. The zero-order valence-electron chi connectivity index (χ0n) is 27.9. The van der Waals surface area contributed by atoms with Crippen molar-refractivity contribution in [1.29, 1.82) is 0 Å². The van der Waals surface area contributed by atoms with Gasteiger partial charge >= 0.3 is 12.1 Å². The van der Waals surface area contributed by atoms with Gasteiger partial charge in [0.25, 0.3) is 5.60 Å². The van der Waals surface area contributed by atoms with Crippen LogP contribution in [0.3, 0.4) is 0 Å². The summed E-state index contributed by atoms with van der Waals surface area (Å²) in [6.07, 6.45) is 3.85. The highest BCUT2D eigenvalue weighted by Gasteiger charge is 2.64. The van der Waals surface area contributed by atoms with Gasteiger partial charge in [-0.15, -0.1) is 0 Å². The molecular weight excluding hydrogens is 581 g/mol. The molecule has 0 amide bonds. The number of halogens is 3. The minimum absolute atomic E-state index is 0.117. The van der Waals surface area contributed by atoms with Gasteiger partial charge in [0.05, 0.1) is 18.3 Å². The lowest BCUT2D eigenvalue weighted by atomic mass is 9.47. The number of benzene rings is 1. The van der Waals surface area contributed by atoms with E-state index in [2.05, 4.69) is 20.4 Å². The number of allylic oxidation sites excluding steroid dienone is 1. The van der Waals surface area contributed by atoms with Crippen LogP contribution in [0.1, 0.15) is 92.1 Å². The number of hydrogen-bond donors (Lipinski definition) is 1. The van der Waals surface area contributed by atoms with Crippen LogP contribution in [0.2, 0.25) is 0 Å². The van der Waals surface area contributed by atoms with Gasteiger partial charge in [-0.3, -0.25) is 0 Å². The van der Waals surface area contributed by atoms with Gasteiger partial charge in [-0.1, -0.05) is 80.5 Å². The van der Waals surface area contributed by atoms with Crippen molar-refractivity contribution in [2.75, 3.05) is 13.7 Å². The Morgan fingerprint density at radius 1 is 1.18 bits per heavy atom. The van der Waals surface area contributed by atoms with Crippen LogP contribution in [0.25, 0.3) is 0 Å². The second kappa shape index (κ2) is 13.0. The standard InChI is InChI=1S/C37H51F3O5/c1-24(15-17-28-25(2)21-30-31-34(6,23-44-30)19-12-20-35(28,31)7)16-18-29(26(3)22-33(4,5)42)45-32(41)36(43-8,37(38,39)40)27-13-10-9-11-14-27/h9-11,13-14,16,22,28-31,42H,2,12,15,17-21,23H2,1,3-8H3/b24-16+,26-22+/t28-,29+,30-,31-,34-,35+,36+/m0/s1. The van der Waals surface area contributed by atoms with Crippen LogP contribution in [0.15, 0.2) is 65.8 Å². The summed E-state index contributed by atoms with van der Waals surface area (Å²) in [4.78, 5) is 13.5. The Morgan fingerprint density at radius 3 is 2.44 bits per heavy atom. The number of ether oxygens (including phenoxy) is 3. The zero-order chi connectivity index (χ0) is 33.4. The molecule has 2 saturated carbocycles. The van der Waals surface area contributed by atoms with Crippen LogP contribution in [0.5, 0.6) is 0 Å². The van der Waals surface area contributed by atoms with Crippen LogP contribution in [0, 0.1) is 22.7 Å². The Balaban J connectivity index is 1.55. The highest BCUT2D eigenvalue weighted by atomic mass is 19.4. The van der Waals surface area contributed by atoms with Crippen LogP contribution >= 0.6 is 0 Å². The van der Waals surface area contributed by atoms with E-state index < -0.39 is 29.5 Å². The average Bonchev–Trinajstić information content (AvgIpc) is 3.27. The van der Waals surface area contributed by atoms with E-state index in [9.17, 15) is 23.1 Å². The molecule has 1 saturated heterocycles. The van der Waals surface area contributed by atoms with E-state index in [1.807, 2.05) is 13.0 Å². The molecule has 0 radical (unpaired) electrons. The quantitative estimate of drug-likeness (QED) is 0.196. The number of carbonyl (C=O) groups excluding carboxylic acids is 1. The molecule has 1 aromatic carbocycles. The maximum Gasteiger partial charge on any atom is 0.432 e. The Hall–Kier alpha value is -2.42. The van der Waals surface area contributed by atoms with Gasteiger partial charge in [0.15, 0.2) is 0 Å². The predicted molar refractivity (Wildman–Crippen MR) is 169 cm³/mol. The molecule has 8 heteroatoms. The first-order valence-corrected chi connectivity index (χ1v) is 16.1. The first-order valence-electron chi connectivity index (χ1n) is 16.1. The molecule has 2 aliphatic carbocycles. The predicted octanol–water partition coefficient (Wildman–Crippen LogP) is 8.62. The molecule has 1 N–H and O–H groups in total. The van der Waals surface area contributed by atoms with Crippen molar-refractivity contribution in [3.05, 3.63) is 71.3 Å². The molecule has 45 heavy (non-hydrogen) atoms. The van der Waals surface area contributed by atoms with E-state index in [4.69, 9.17) is 14.2 Å². The van der Waals surface area contributed by atoms with Gasteiger partial charge in [0.2, 0.25) is 0 Å². The summed E-state index contributed by atoms with van der Waals surface area (Å²) in [6.45, 7) is 16.9. The third kappa shape index (κ3) is 6.98. The maximum absolute atomic E-state index is 14.6. The molecule has 3 aliphatic rings. The minimum Gasteiger partial charge on any atom is -0.455 e. The molecule has 0 spiro atoms. The second-order valence-corrected chi connectivity index (χ2v) is 14.8. The summed E-state index contributed by atoms with van der Waals surface area (Å²) in [6, 6.07) is 6.80. The van der Waals surface area contributed by atoms with Crippen LogP contribution in [-0.2, 0) is 24.6 Å². The first kappa shape index (κ1) is 35.4. The molecule has 7 atom stereocenters. The maximum atomic E-state index is 14.6. The fourth-order valence-electron chi connectivity index (χ4n) is 8.74. The topological polar surface area (TPSA) is 65.0 Å². The van der Waals surface area contributed by atoms with Crippen molar-refractivity contribution in [2.24, 2.45) is 22.7 Å². The lowest BCUT2D eigenvalue weighted by Gasteiger charge is -2.57. The van der Waals surface area contributed by atoms with Gasteiger partial charge in [0, 0.05) is 19.1 Å². The number of carbonyl (C=O) groups is 1. The number of methoxy groups -OCH3 is 1. The van der Waals surface area contributed by atoms with Crippen molar-refractivity contribution in [3.8, 4) is 0 Å². The first-order chi connectivity index (χ1) is 20.9. The zero-order valence-corrected chi connectivity index (χ0v) is 27.9. The monoisotopic (exact) mass is 632 g/mol. The third-order valence-electron chi connectivity index (χ3n) is 10.7. The summed E-state index contributed by atoms with van der Waals surface area (Å²) in [5.74, 6) is -0.687. The second-order valence-electron chi connectivity index (χ2n) is 14.8.